The molecule has 0 bridgehead atoms. The van der Waals surface area contributed by atoms with Gasteiger partial charge in [-0.05, 0) is 32.1 Å². The van der Waals surface area contributed by atoms with Crippen LogP contribution in [-0.4, -0.2) is 22.6 Å². The highest BCUT2D eigenvalue weighted by Gasteiger charge is 2.14. The molecule has 4 heteroatoms. The quantitative estimate of drug-likeness (QED) is 0.812. The Morgan fingerprint density at radius 2 is 2.00 bits per heavy atom. The zero-order valence-corrected chi connectivity index (χ0v) is 11.2. The standard InChI is InChI=1S/C14H23N3O/c1-2-9-16-13-10-15-11-14(17-13)18-12-7-5-3-4-6-8-12/h10-12H,2-9H2,1H3,(H,16,17). The van der Waals surface area contributed by atoms with Crippen molar-refractivity contribution in [1.82, 2.24) is 9.97 Å². The first-order chi connectivity index (χ1) is 8.88. The monoisotopic (exact) mass is 249 g/mol. The highest BCUT2D eigenvalue weighted by Crippen LogP contribution is 2.21. The SMILES string of the molecule is CCCNc1cncc(OC2CCCCCC2)n1. The molecule has 100 valence electrons. The van der Waals surface area contributed by atoms with E-state index in [1.165, 1.54) is 25.7 Å². The third-order valence-corrected chi connectivity index (χ3v) is 3.26. The zero-order chi connectivity index (χ0) is 12.6. The zero-order valence-electron chi connectivity index (χ0n) is 11.2. The summed E-state index contributed by atoms with van der Waals surface area (Å²) < 4.78 is 5.94. The molecule has 0 atom stereocenters. The van der Waals surface area contributed by atoms with Crippen molar-refractivity contribution in [1.29, 1.82) is 0 Å². The van der Waals surface area contributed by atoms with Crippen molar-refractivity contribution in [2.75, 3.05) is 11.9 Å². The summed E-state index contributed by atoms with van der Waals surface area (Å²) in [7, 11) is 0. The minimum atomic E-state index is 0.322. The Morgan fingerprint density at radius 1 is 1.22 bits per heavy atom. The summed E-state index contributed by atoms with van der Waals surface area (Å²) in [6.45, 7) is 3.05. The Balaban J connectivity index is 1.91. The van der Waals surface area contributed by atoms with Crippen LogP contribution in [0, 0.1) is 0 Å². The van der Waals surface area contributed by atoms with Gasteiger partial charge in [0.1, 0.15) is 11.9 Å². The van der Waals surface area contributed by atoms with E-state index >= 15 is 0 Å². The van der Waals surface area contributed by atoms with Gasteiger partial charge in [0.15, 0.2) is 0 Å². The molecule has 18 heavy (non-hydrogen) atoms. The summed E-state index contributed by atoms with van der Waals surface area (Å²) in [5.74, 6) is 1.46. The molecule has 1 saturated carbocycles. The van der Waals surface area contributed by atoms with E-state index < -0.39 is 0 Å². The van der Waals surface area contributed by atoms with E-state index in [2.05, 4.69) is 22.2 Å². The van der Waals surface area contributed by atoms with E-state index in [-0.39, 0.29) is 0 Å². The fraction of sp³-hybridized carbons (Fsp3) is 0.714. The Bertz CT molecular complexity index is 349. The van der Waals surface area contributed by atoms with Crippen molar-refractivity contribution in [2.45, 2.75) is 58.0 Å². The minimum Gasteiger partial charge on any atom is -0.473 e. The van der Waals surface area contributed by atoms with Crippen molar-refractivity contribution in [3.05, 3.63) is 12.4 Å². The van der Waals surface area contributed by atoms with Crippen molar-refractivity contribution < 1.29 is 4.74 Å². The normalized spacial score (nSPS) is 17.2. The number of anilines is 1. The summed E-state index contributed by atoms with van der Waals surface area (Å²) in [6, 6.07) is 0. The van der Waals surface area contributed by atoms with E-state index in [1.807, 2.05) is 0 Å². The second-order valence-electron chi connectivity index (χ2n) is 4.90. The fourth-order valence-corrected chi connectivity index (χ4v) is 2.27. The molecule has 0 aromatic carbocycles. The van der Waals surface area contributed by atoms with Crippen molar-refractivity contribution in [3.8, 4) is 5.88 Å². The highest BCUT2D eigenvalue weighted by atomic mass is 16.5. The number of nitrogens with zero attached hydrogens (tertiary/aromatic N) is 2. The molecule has 1 N–H and O–H groups in total. The Labute approximate surface area is 109 Å². The number of nitrogens with one attached hydrogen (secondary N) is 1. The maximum absolute atomic E-state index is 5.94. The molecule has 1 fully saturated rings. The van der Waals surface area contributed by atoms with E-state index in [1.54, 1.807) is 12.4 Å². The van der Waals surface area contributed by atoms with E-state index in [9.17, 15) is 0 Å². The van der Waals surface area contributed by atoms with Gasteiger partial charge >= 0.3 is 0 Å². The Morgan fingerprint density at radius 3 is 2.72 bits per heavy atom. The fourth-order valence-electron chi connectivity index (χ4n) is 2.27. The van der Waals surface area contributed by atoms with Gasteiger partial charge in [-0.15, -0.1) is 0 Å². The van der Waals surface area contributed by atoms with Gasteiger partial charge in [0.2, 0.25) is 5.88 Å². The maximum Gasteiger partial charge on any atom is 0.234 e. The molecular weight excluding hydrogens is 226 g/mol. The first-order valence-corrected chi connectivity index (χ1v) is 7.11. The summed E-state index contributed by atoms with van der Waals surface area (Å²) >= 11 is 0. The third kappa shape index (κ3) is 4.17. The highest BCUT2D eigenvalue weighted by molar-refractivity contribution is 5.32. The lowest BCUT2D eigenvalue weighted by Gasteiger charge is -2.16. The lowest BCUT2D eigenvalue weighted by Crippen LogP contribution is -2.16. The summed E-state index contributed by atoms with van der Waals surface area (Å²) in [4.78, 5) is 8.62. The summed E-state index contributed by atoms with van der Waals surface area (Å²) in [5, 5.41) is 3.23. The second-order valence-corrected chi connectivity index (χ2v) is 4.90. The average Bonchev–Trinajstić information content (AvgIpc) is 2.65. The van der Waals surface area contributed by atoms with Crippen molar-refractivity contribution >= 4 is 5.82 Å². The maximum atomic E-state index is 5.94. The van der Waals surface area contributed by atoms with Crippen LogP contribution < -0.4 is 10.1 Å². The van der Waals surface area contributed by atoms with Crippen LogP contribution in [0.15, 0.2) is 12.4 Å². The molecule has 0 radical (unpaired) electrons. The third-order valence-electron chi connectivity index (χ3n) is 3.26. The van der Waals surface area contributed by atoms with Gasteiger partial charge < -0.3 is 10.1 Å². The lowest BCUT2D eigenvalue weighted by molar-refractivity contribution is 0.175. The molecule has 1 heterocycles. The summed E-state index contributed by atoms with van der Waals surface area (Å²) in [6.07, 6.45) is 12.4. The van der Waals surface area contributed by atoms with Crippen LogP contribution in [0.4, 0.5) is 5.82 Å². The minimum absolute atomic E-state index is 0.322. The number of hydrogen-bond donors (Lipinski definition) is 1. The van der Waals surface area contributed by atoms with Gasteiger partial charge in [-0.3, -0.25) is 4.98 Å². The number of hydrogen-bond acceptors (Lipinski definition) is 4. The first kappa shape index (κ1) is 13.1. The lowest BCUT2D eigenvalue weighted by atomic mass is 10.1. The smallest absolute Gasteiger partial charge is 0.234 e. The topological polar surface area (TPSA) is 47.0 Å². The van der Waals surface area contributed by atoms with Crippen LogP contribution in [0.2, 0.25) is 0 Å². The molecule has 0 spiro atoms. The van der Waals surface area contributed by atoms with Crippen LogP contribution in [0.1, 0.15) is 51.9 Å². The van der Waals surface area contributed by atoms with Gasteiger partial charge in [-0.1, -0.05) is 19.8 Å². The van der Waals surface area contributed by atoms with Crippen molar-refractivity contribution in [2.24, 2.45) is 0 Å². The Hall–Kier alpha value is -1.32. The van der Waals surface area contributed by atoms with E-state index in [0.29, 0.717) is 12.0 Å². The van der Waals surface area contributed by atoms with Crippen molar-refractivity contribution in [3.63, 3.8) is 0 Å². The van der Waals surface area contributed by atoms with Gasteiger partial charge in [0, 0.05) is 6.54 Å². The molecule has 1 aromatic heterocycles. The Kier molecular flexibility index (Phi) is 5.24. The largest absolute Gasteiger partial charge is 0.473 e. The predicted octanol–water partition coefficient (Wildman–Crippen LogP) is 3.40. The molecule has 0 aliphatic heterocycles. The average molecular weight is 249 g/mol. The first-order valence-electron chi connectivity index (χ1n) is 7.11. The molecule has 1 aliphatic carbocycles. The number of rotatable bonds is 5. The molecule has 2 rings (SSSR count). The van der Waals surface area contributed by atoms with E-state index in [4.69, 9.17) is 4.74 Å². The van der Waals surface area contributed by atoms with Gasteiger partial charge in [-0.25, -0.2) is 0 Å². The second kappa shape index (κ2) is 7.19. The van der Waals surface area contributed by atoms with Gasteiger partial charge in [0.05, 0.1) is 12.4 Å². The van der Waals surface area contributed by atoms with Crippen LogP contribution in [0.25, 0.3) is 0 Å². The van der Waals surface area contributed by atoms with Gasteiger partial charge in [0.25, 0.3) is 0 Å². The molecule has 0 unspecified atom stereocenters. The predicted molar refractivity (Wildman–Crippen MR) is 72.9 cm³/mol. The van der Waals surface area contributed by atoms with E-state index in [0.717, 1.165) is 31.6 Å². The van der Waals surface area contributed by atoms with Crippen LogP contribution in [0.5, 0.6) is 5.88 Å². The van der Waals surface area contributed by atoms with Crippen LogP contribution >= 0.6 is 0 Å². The van der Waals surface area contributed by atoms with Crippen LogP contribution in [0.3, 0.4) is 0 Å². The molecule has 0 amide bonds. The molecular formula is C14H23N3O. The molecule has 1 aromatic rings. The summed E-state index contributed by atoms with van der Waals surface area (Å²) in [5.41, 5.74) is 0. The molecule has 4 nitrogen and oxygen atoms in total. The van der Waals surface area contributed by atoms with Crippen LogP contribution in [-0.2, 0) is 0 Å². The number of ether oxygens (including phenoxy) is 1. The van der Waals surface area contributed by atoms with Gasteiger partial charge in [-0.2, -0.15) is 4.98 Å². The molecule has 1 aliphatic rings. The number of aromatic nitrogens is 2. The molecule has 0 saturated heterocycles.